The first kappa shape index (κ1) is 15.4. The van der Waals surface area contributed by atoms with E-state index in [9.17, 15) is 0 Å². The summed E-state index contributed by atoms with van der Waals surface area (Å²) in [5, 5.41) is 6.80. The molecule has 2 rings (SSSR count). The molecule has 0 amide bonds. The summed E-state index contributed by atoms with van der Waals surface area (Å²) < 4.78 is 5.92. The molecule has 0 unspecified atom stereocenters. The van der Waals surface area contributed by atoms with Crippen molar-refractivity contribution in [1.82, 2.24) is 5.32 Å². The lowest BCUT2D eigenvalue weighted by molar-refractivity contribution is 0.307. The van der Waals surface area contributed by atoms with Crippen molar-refractivity contribution in [3.05, 3.63) is 60.2 Å². The third-order valence-electron chi connectivity index (χ3n) is 3.17. The van der Waals surface area contributed by atoms with Crippen LogP contribution in [0.25, 0.3) is 0 Å². The molecule has 112 valence electrons. The van der Waals surface area contributed by atoms with Crippen LogP contribution in [0, 0.1) is 0 Å². The lowest BCUT2D eigenvalue weighted by Gasteiger charge is -2.13. The van der Waals surface area contributed by atoms with E-state index in [0.717, 1.165) is 37.5 Å². The summed E-state index contributed by atoms with van der Waals surface area (Å²) in [4.78, 5) is 0. The van der Waals surface area contributed by atoms with Gasteiger partial charge in [0.05, 0.1) is 5.69 Å². The minimum Gasteiger partial charge on any atom is -0.487 e. The average molecular weight is 284 g/mol. The zero-order chi connectivity index (χ0) is 14.8. The first-order chi connectivity index (χ1) is 10.4. The molecule has 0 fully saturated rings. The van der Waals surface area contributed by atoms with E-state index in [1.807, 2.05) is 36.4 Å². The Morgan fingerprint density at radius 1 is 0.857 bits per heavy atom. The second kappa shape index (κ2) is 9.03. The number of hydrogen-bond acceptors (Lipinski definition) is 3. The van der Waals surface area contributed by atoms with Crippen molar-refractivity contribution in [3.8, 4) is 5.75 Å². The van der Waals surface area contributed by atoms with Gasteiger partial charge in [0.15, 0.2) is 0 Å². The second-order valence-electron chi connectivity index (χ2n) is 4.95. The van der Waals surface area contributed by atoms with Crippen LogP contribution >= 0.6 is 0 Å². The van der Waals surface area contributed by atoms with Gasteiger partial charge in [0.2, 0.25) is 0 Å². The van der Waals surface area contributed by atoms with Crippen LogP contribution in [0.3, 0.4) is 0 Å². The van der Waals surface area contributed by atoms with Crippen LogP contribution in [-0.2, 0) is 6.61 Å². The van der Waals surface area contributed by atoms with E-state index in [0.29, 0.717) is 6.61 Å². The third-order valence-corrected chi connectivity index (χ3v) is 3.17. The fraction of sp³-hybridized carbons (Fsp3) is 0.333. The smallest absolute Gasteiger partial charge is 0.142 e. The Morgan fingerprint density at radius 3 is 2.43 bits per heavy atom. The van der Waals surface area contributed by atoms with Crippen LogP contribution in [0.5, 0.6) is 5.75 Å². The predicted octanol–water partition coefficient (Wildman–Crippen LogP) is 3.68. The molecule has 0 heterocycles. The van der Waals surface area contributed by atoms with Gasteiger partial charge in [-0.2, -0.15) is 0 Å². The summed E-state index contributed by atoms with van der Waals surface area (Å²) in [5.41, 5.74) is 2.23. The SMILES string of the molecule is CCCNCCNc1ccccc1OCc1ccccc1. The molecule has 0 aliphatic heterocycles. The zero-order valence-corrected chi connectivity index (χ0v) is 12.6. The second-order valence-corrected chi connectivity index (χ2v) is 4.95. The van der Waals surface area contributed by atoms with E-state index >= 15 is 0 Å². The van der Waals surface area contributed by atoms with E-state index in [4.69, 9.17) is 4.74 Å². The standard InChI is InChI=1S/C18H24N2O/c1-2-12-19-13-14-20-17-10-6-7-11-18(17)21-15-16-8-4-3-5-9-16/h3-11,19-20H,2,12-15H2,1H3. The Bertz CT molecular complexity index is 514. The van der Waals surface area contributed by atoms with E-state index in [2.05, 4.69) is 35.8 Å². The van der Waals surface area contributed by atoms with Gasteiger partial charge >= 0.3 is 0 Å². The maximum Gasteiger partial charge on any atom is 0.142 e. The number of ether oxygens (including phenoxy) is 1. The van der Waals surface area contributed by atoms with Crippen molar-refractivity contribution < 1.29 is 4.74 Å². The molecular weight excluding hydrogens is 260 g/mol. The van der Waals surface area contributed by atoms with Crippen molar-refractivity contribution in [1.29, 1.82) is 0 Å². The van der Waals surface area contributed by atoms with Gasteiger partial charge in [-0.25, -0.2) is 0 Å². The van der Waals surface area contributed by atoms with Crippen molar-refractivity contribution >= 4 is 5.69 Å². The molecule has 0 spiro atoms. The van der Waals surface area contributed by atoms with Crippen molar-refractivity contribution in [3.63, 3.8) is 0 Å². The molecule has 2 aromatic carbocycles. The predicted molar refractivity (Wildman–Crippen MR) is 88.9 cm³/mol. The zero-order valence-electron chi connectivity index (χ0n) is 12.6. The quantitative estimate of drug-likeness (QED) is 0.689. The van der Waals surface area contributed by atoms with Gasteiger partial charge in [-0.3, -0.25) is 0 Å². The average Bonchev–Trinajstić information content (AvgIpc) is 2.55. The van der Waals surface area contributed by atoms with Gasteiger partial charge in [-0.1, -0.05) is 49.4 Å². The summed E-state index contributed by atoms with van der Waals surface area (Å²) in [5.74, 6) is 0.900. The van der Waals surface area contributed by atoms with Crippen LogP contribution in [0.4, 0.5) is 5.69 Å². The van der Waals surface area contributed by atoms with E-state index < -0.39 is 0 Å². The Kier molecular flexibility index (Phi) is 6.62. The molecule has 0 aliphatic rings. The fourth-order valence-electron chi connectivity index (χ4n) is 2.06. The lowest BCUT2D eigenvalue weighted by atomic mass is 10.2. The van der Waals surface area contributed by atoms with Gasteiger partial charge in [-0.15, -0.1) is 0 Å². The van der Waals surface area contributed by atoms with Crippen LogP contribution in [0.15, 0.2) is 54.6 Å². The van der Waals surface area contributed by atoms with E-state index in [-0.39, 0.29) is 0 Å². The lowest BCUT2D eigenvalue weighted by Crippen LogP contribution is -2.22. The van der Waals surface area contributed by atoms with Crippen LogP contribution in [-0.4, -0.2) is 19.6 Å². The molecular formula is C18H24N2O. The molecule has 3 nitrogen and oxygen atoms in total. The molecule has 0 radical (unpaired) electrons. The summed E-state index contributed by atoms with van der Waals surface area (Å²) in [7, 11) is 0. The summed E-state index contributed by atoms with van der Waals surface area (Å²) >= 11 is 0. The molecule has 0 saturated heterocycles. The minimum absolute atomic E-state index is 0.591. The largest absolute Gasteiger partial charge is 0.487 e. The number of benzene rings is 2. The van der Waals surface area contributed by atoms with Crippen molar-refractivity contribution in [2.24, 2.45) is 0 Å². The topological polar surface area (TPSA) is 33.3 Å². The Morgan fingerprint density at radius 2 is 1.62 bits per heavy atom. The highest BCUT2D eigenvalue weighted by atomic mass is 16.5. The Labute approximate surface area is 127 Å². The first-order valence-corrected chi connectivity index (χ1v) is 7.60. The number of para-hydroxylation sites is 2. The highest BCUT2D eigenvalue weighted by Gasteiger charge is 2.02. The molecule has 0 saturated carbocycles. The molecule has 0 aromatic heterocycles. The maximum absolute atomic E-state index is 5.92. The first-order valence-electron chi connectivity index (χ1n) is 7.60. The molecule has 0 bridgehead atoms. The highest BCUT2D eigenvalue weighted by Crippen LogP contribution is 2.24. The van der Waals surface area contributed by atoms with Crippen molar-refractivity contribution in [2.75, 3.05) is 25.0 Å². The summed E-state index contributed by atoms with van der Waals surface area (Å²) in [6.45, 7) is 5.68. The number of nitrogens with one attached hydrogen (secondary N) is 2. The number of hydrogen-bond donors (Lipinski definition) is 2. The van der Waals surface area contributed by atoms with Crippen molar-refractivity contribution in [2.45, 2.75) is 20.0 Å². The van der Waals surface area contributed by atoms with Gasteiger partial charge in [0.1, 0.15) is 12.4 Å². The summed E-state index contributed by atoms with van der Waals surface area (Å²) in [6.07, 6.45) is 1.16. The van der Waals surface area contributed by atoms with Crippen LogP contribution < -0.4 is 15.4 Å². The van der Waals surface area contributed by atoms with E-state index in [1.54, 1.807) is 0 Å². The van der Waals surface area contributed by atoms with Gasteiger partial charge in [0, 0.05) is 13.1 Å². The van der Waals surface area contributed by atoms with Crippen LogP contribution in [0.1, 0.15) is 18.9 Å². The van der Waals surface area contributed by atoms with Crippen LogP contribution in [0.2, 0.25) is 0 Å². The summed E-state index contributed by atoms with van der Waals surface area (Å²) in [6, 6.07) is 18.3. The normalized spacial score (nSPS) is 10.3. The molecule has 3 heteroatoms. The third kappa shape index (κ3) is 5.48. The monoisotopic (exact) mass is 284 g/mol. The molecule has 0 aliphatic carbocycles. The maximum atomic E-state index is 5.92. The molecule has 2 N–H and O–H groups in total. The Hall–Kier alpha value is -2.00. The van der Waals surface area contributed by atoms with Gasteiger partial charge in [0.25, 0.3) is 0 Å². The number of rotatable bonds is 9. The molecule has 21 heavy (non-hydrogen) atoms. The van der Waals surface area contributed by atoms with Gasteiger partial charge < -0.3 is 15.4 Å². The molecule has 2 aromatic rings. The highest BCUT2D eigenvalue weighted by molar-refractivity contribution is 5.56. The minimum atomic E-state index is 0.591. The van der Waals surface area contributed by atoms with E-state index in [1.165, 1.54) is 5.56 Å². The fourth-order valence-corrected chi connectivity index (χ4v) is 2.06. The molecule has 0 atom stereocenters. The number of anilines is 1. The Balaban J connectivity index is 1.84. The van der Waals surface area contributed by atoms with Gasteiger partial charge in [-0.05, 0) is 30.7 Å².